The van der Waals surface area contributed by atoms with Gasteiger partial charge in [-0.25, -0.2) is 8.42 Å². The molecule has 0 spiro atoms. The normalized spacial score (nSPS) is 20.9. The molecule has 0 aromatic carbocycles. The predicted octanol–water partition coefficient (Wildman–Crippen LogP) is 0.563. The van der Waals surface area contributed by atoms with Crippen molar-refractivity contribution in [2.45, 2.75) is 32.1 Å². The minimum atomic E-state index is -2.88. The molecule has 16 heavy (non-hydrogen) atoms. The van der Waals surface area contributed by atoms with Crippen molar-refractivity contribution >= 4 is 9.84 Å². The Balaban J connectivity index is 2.28. The third-order valence-corrected chi connectivity index (χ3v) is 4.34. The van der Waals surface area contributed by atoms with Crippen LogP contribution < -0.4 is 5.32 Å². The van der Waals surface area contributed by atoms with Gasteiger partial charge in [0.1, 0.15) is 9.84 Å². The van der Waals surface area contributed by atoms with Crippen LogP contribution in [-0.4, -0.2) is 45.2 Å². The molecule has 5 heteroatoms. The summed E-state index contributed by atoms with van der Waals surface area (Å²) < 4.78 is 21.9. The maximum atomic E-state index is 10.9. The van der Waals surface area contributed by atoms with Crippen molar-refractivity contribution in [3.63, 3.8) is 0 Å². The van der Waals surface area contributed by atoms with Gasteiger partial charge in [-0.1, -0.05) is 19.3 Å². The van der Waals surface area contributed by atoms with Gasteiger partial charge in [-0.15, -0.1) is 0 Å². The summed E-state index contributed by atoms with van der Waals surface area (Å²) in [5.41, 5.74) is -0.00421. The Kier molecular flexibility index (Phi) is 5.21. The van der Waals surface area contributed by atoms with Crippen LogP contribution in [0.25, 0.3) is 0 Å². The maximum absolute atomic E-state index is 10.9. The van der Waals surface area contributed by atoms with Gasteiger partial charge in [0.2, 0.25) is 0 Å². The van der Waals surface area contributed by atoms with Gasteiger partial charge in [-0.3, -0.25) is 0 Å². The highest BCUT2D eigenvalue weighted by atomic mass is 32.2. The fraction of sp³-hybridized carbons (Fsp3) is 1.00. The molecule has 0 aromatic heterocycles. The van der Waals surface area contributed by atoms with E-state index in [2.05, 4.69) is 5.32 Å². The van der Waals surface area contributed by atoms with Crippen molar-refractivity contribution < 1.29 is 13.5 Å². The second-order valence-electron chi connectivity index (χ2n) is 5.03. The Hall–Kier alpha value is -0.130. The fourth-order valence-electron chi connectivity index (χ4n) is 2.30. The van der Waals surface area contributed by atoms with E-state index in [0.717, 1.165) is 19.4 Å². The molecule has 96 valence electrons. The van der Waals surface area contributed by atoms with Gasteiger partial charge in [0.25, 0.3) is 0 Å². The van der Waals surface area contributed by atoms with Crippen molar-refractivity contribution in [2.24, 2.45) is 5.41 Å². The standard InChI is InChI=1S/C11H23NO3S/c1-16(14,15)8-7-12-9-11(10-13)5-3-2-4-6-11/h12-13H,2-10H2,1H3. The van der Waals surface area contributed by atoms with Gasteiger partial charge in [0.05, 0.1) is 5.75 Å². The lowest BCUT2D eigenvalue weighted by Crippen LogP contribution is -2.40. The lowest BCUT2D eigenvalue weighted by atomic mass is 9.74. The number of aliphatic hydroxyl groups is 1. The van der Waals surface area contributed by atoms with Crippen LogP contribution in [0.5, 0.6) is 0 Å². The highest BCUT2D eigenvalue weighted by Gasteiger charge is 2.30. The van der Waals surface area contributed by atoms with Crippen molar-refractivity contribution in [3.8, 4) is 0 Å². The van der Waals surface area contributed by atoms with Gasteiger partial charge >= 0.3 is 0 Å². The number of rotatable bonds is 6. The first kappa shape index (κ1) is 13.9. The van der Waals surface area contributed by atoms with Gasteiger partial charge in [0, 0.05) is 31.4 Å². The third kappa shape index (κ3) is 4.80. The van der Waals surface area contributed by atoms with Crippen LogP contribution >= 0.6 is 0 Å². The minimum Gasteiger partial charge on any atom is -0.396 e. The summed E-state index contributed by atoms with van der Waals surface area (Å²) in [5.74, 6) is 0.175. The van der Waals surface area contributed by atoms with E-state index in [0.29, 0.717) is 6.54 Å². The molecule has 4 nitrogen and oxygen atoms in total. The predicted molar refractivity (Wildman–Crippen MR) is 65.2 cm³/mol. The van der Waals surface area contributed by atoms with Crippen LogP contribution in [0.2, 0.25) is 0 Å². The van der Waals surface area contributed by atoms with Gasteiger partial charge < -0.3 is 10.4 Å². The van der Waals surface area contributed by atoms with E-state index in [1.807, 2.05) is 0 Å². The zero-order chi connectivity index (χ0) is 12.1. The number of nitrogens with one attached hydrogen (secondary N) is 1. The Morgan fingerprint density at radius 2 is 1.88 bits per heavy atom. The first-order valence-corrected chi connectivity index (χ1v) is 8.03. The zero-order valence-electron chi connectivity index (χ0n) is 10.0. The highest BCUT2D eigenvalue weighted by molar-refractivity contribution is 7.90. The molecule has 0 atom stereocenters. The monoisotopic (exact) mass is 249 g/mol. The van der Waals surface area contributed by atoms with Crippen molar-refractivity contribution in [1.82, 2.24) is 5.32 Å². The van der Waals surface area contributed by atoms with Gasteiger partial charge in [-0.05, 0) is 12.8 Å². The first-order chi connectivity index (χ1) is 7.47. The summed E-state index contributed by atoms with van der Waals surface area (Å²) in [6, 6.07) is 0. The smallest absolute Gasteiger partial charge is 0.148 e. The topological polar surface area (TPSA) is 66.4 Å². The van der Waals surface area contributed by atoms with Crippen LogP contribution in [0.15, 0.2) is 0 Å². The van der Waals surface area contributed by atoms with Crippen LogP contribution in [0.1, 0.15) is 32.1 Å². The summed E-state index contributed by atoms with van der Waals surface area (Å²) in [5, 5.41) is 12.6. The molecule has 2 N–H and O–H groups in total. The lowest BCUT2D eigenvalue weighted by molar-refractivity contribution is 0.0820. The van der Waals surface area contributed by atoms with Crippen LogP contribution in [0.3, 0.4) is 0 Å². The van der Waals surface area contributed by atoms with E-state index >= 15 is 0 Å². The van der Waals surface area contributed by atoms with E-state index < -0.39 is 9.84 Å². The van der Waals surface area contributed by atoms with Gasteiger partial charge in [0.15, 0.2) is 0 Å². The minimum absolute atomic E-state index is 0.00421. The van der Waals surface area contributed by atoms with E-state index in [-0.39, 0.29) is 17.8 Å². The molecule has 1 rings (SSSR count). The van der Waals surface area contributed by atoms with E-state index in [9.17, 15) is 13.5 Å². The number of sulfone groups is 1. The molecule has 0 amide bonds. The quantitative estimate of drug-likeness (QED) is 0.675. The van der Waals surface area contributed by atoms with Gasteiger partial charge in [-0.2, -0.15) is 0 Å². The molecule has 0 saturated heterocycles. The summed E-state index contributed by atoms with van der Waals surface area (Å²) in [7, 11) is -2.88. The molecule has 1 aliphatic carbocycles. The molecule has 0 aliphatic heterocycles. The molecule has 1 aliphatic rings. The van der Waals surface area contributed by atoms with Crippen molar-refractivity contribution in [2.75, 3.05) is 31.7 Å². The van der Waals surface area contributed by atoms with Crippen LogP contribution in [0.4, 0.5) is 0 Å². The molecule has 1 saturated carbocycles. The second kappa shape index (κ2) is 5.98. The molecule has 0 unspecified atom stereocenters. The molecule has 1 fully saturated rings. The summed E-state index contributed by atoms with van der Waals surface area (Å²) in [4.78, 5) is 0. The Morgan fingerprint density at radius 3 is 2.38 bits per heavy atom. The third-order valence-electron chi connectivity index (χ3n) is 3.40. The average Bonchev–Trinajstić information content (AvgIpc) is 2.25. The van der Waals surface area contributed by atoms with E-state index in [1.54, 1.807) is 0 Å². The van der Waals surface area contributed by atoms with E-state index in [1.165, 1.54) is 25.5 Å². The largest absolute Gasteiger partial charge is 0.396 e. The molecule has 0 heterocycles. The summed E-state index contributed by atoms with van der Waals surface area (Å²) in [6.07, 6.45) is 6.95. The summed E-state index contributed by atoms with van der Waals surface area (Å²) in [6.45, 7) is 1.43. The van der Waals surface area contributed by atoms with Crippen molar-refractivity contribution in [1.29, 1.82) is 0 Å². The number of aliphatic hydroxyl groups excluding tert-OH is 1. The van der Waals surface area contributed by atoms with Crippen LogP contribution in [0, 0.1) is 5.41 Å². The zero-order valence-corrected chi connectivity index (χ0v) is 10.9. The molecular weight excluding hydrogens is 226 g/mol. The number of hydrogen-bond donors (Lipinski definition) is 2. The Bertz CT molecular complexity index is 294. The molecule has 0 aromatic rings. The molecule has 0 radical (unpaired) electrons. The Labute approximate surface area is 98.4 Å². The summed E-state index contributed by atoms with van der Waals surface area (Å²) >= 11 is 0. The van der Waals surface area contributed by atoms with Crippen LogP contribution in [-0.2, 0) is 9.84 Å². The Morgan fingerprint density at radius 1 is 1.25 bits per heavy atom. The van der Waals surface area contributed by atoms with E-state index in [4.69, 9.17) is 0 Å². The SMILES string of the molecule is CS(=O)(=O)CCNCC1(CO)CCCCC1. The fourth-order valence-corrected chi connectivity index (χ4v) is 2.82. The van der Waals surface area contributed by atoms with Crippen molar-refractivity contribution in [3.05, 3.63) is 0 Å². The first-order valence-electron chi connectivity index (χ1n) is 5.97. The second-order valence-corrected chi connectivity index (χ2v) is 7.29. The highest BCUT2D eigenvalue weighted by Crippen LogP contribution is 2.35. The number of hydrogen-bond acceptors (Lipinski definition) is 4. The molecular formula is C11H23NO3S. The maximum Gasteiger partial charge on any atom is 0.148 e. The lowest BCUT2D eigenvalue weighted by Gasteiger charge is -2.35. The molecule has 0 bridgehead atoms. The average molecular weight is 249 g/mol.